The Morgan fingerprint density at radius 2 is 1.75 bits per heavy atom. The van der Waals surface area contributed by atoms with Crippen molar-refractivity contribution in [2.24, 2.45) is 16.8 Å². The Kier molecular flexibility index (Phi) is 7.61. The molecule has 4 rings (SSSR count). The number of hydrogen-bond donors (Lipinski definition) is 2. The predicted octanol–water partition coefficient (Wildman–Crippen LogP) is 1.44. The van der Waals surface area contributed by atoms with E-state index >= 15 is 0 Å². The molecule has 11 nitrogen and oxygen atoms in total. The molecule has 1 aromatic heterocycles. The molecule has 12 heteroatoms. The average Bonchev–Trinajstić information content (AvgIpc) is 2.86. The number of aromatic nitrogens is 3. The normalized spacial score (nSPS) is 14.8. The highest BCUT2D eigenvalue weighted by Gasteiger charge is 2.21. The Bertz CT molecular complexity index is 1420. The van der Waals surface area contributed by atoms with E-state index in [0.717, 1.165) is 34.1 Å². The van der Waals surface area contributed by atoms with E-state index in [-0.39, 0.29) is 24.8 Å². The van der Waals surface area contributed by atoms with Gasteiger partial charge in [-0.15, -0.1) is 0 Å². The first-order valence-corrected chi connectivity index (χ1v) is 11.8. The molecule has 3 aromatic rings. The summed E-state index contributed by atoms with van der Waals surface area (Å²) in [5.74, 6) is 10.2. The Morgan fingerprint density at radius 1 is 1.08 bits per heavy atom. The summed E-state index contributed by atoms with van der Waals surface area (Å²) >= 11 is 5.99. The van der Waals surface area contributed by atoms with Gasteiger partial charge < -0.3 is 15.4 Å². The molecule has 1 atom stereocenters. The maximum Gasteiger partial charge on any atom is 0.353 e. The van der Waals surface area contributed by atoms with Crippen LogP contribution >= 0.6 is 11.6 Å². The van der Waals surface area contributed by atoms with E-state index < -0.39 is 23.3 Å². The van der Waals surface area contributed by atoms with Crippen LogP contribution in [0.25, 0.3) is 0 Å². The predicted molar refractivity (Wildman–Crippen MR) is 133 cm³/mol. The van der Waals surface area contributed by atoms with Gasteiger partial charge in [0.15, 0.2) is 0 Å². The van der Waals surface area contributed by atoms with E-state index in [1.54, 1.807) is 48.5 Å². The minimum absolute atomic E-state index is 0.0465. The monoisotopic (exact) mass is 514 g/mol. The molecule has 0 unspecified atom stereocenters. The van der Waals surface area contributed by atoms with Crippen molar-refractivity contribution in [2.75, 3.05) is 5.84 Å². The molecule has 0 amide bonds. The second kappa shape index (κ2) is 10.8. The zero-order chi connectivity index (χ0) is 25.8. The molecule has 0 bridgehead atoms. The van der Waals surface area contributed by atoms with Crippen LogP contribution < -0.4 is 33.5 Å². The molecular formula is C24H27ClN6O5. The summed E-state index contributed by atoms with van der Waals surface area (Å²) in [5, 5.41) is 0.535. The topological polar surface area (TPSA) is 149 Å². The summed E-state index contributed by atoms with van der Waals surface area (Å²) in [5.41, 5.74) is -0.416. The van der Waals surface area contributed by atoms with Gasteiger partial charge in [-0.25, -0.2) is 19.1 Å². The van der Waals surface area contributed by atoms with Gasteiger partial charge in [0.2, 0.25) is 5.62 Å². The van der Waals surface area contributed by atoms with E-state index in [9.17, 15) is 14.4 Å². The standard InChI is InChI=1S/C24H27ClN6O5/c1-15(21(32)36-27)13-30-23(33)29(14-16-5-7-17(25)8-6-16)22(31(26)24(30)34)28-18-9-11-20(12-10-18)35-19-3-2-4-19/h5-12,15,19H,2-4,13-14,26-27H2,1H3/t15-/m0/s1. The molecule has 36 heavy (non-hydrogen) atoms. The lowest BCUT2D eigenvalue weighted by Gasteiger charge is -2.26. The lowest BCUT2D eigenvalue weighted by molar-refractivity contribution is -0.149. The van der Waals surface area contributed by atoms with Gasteiger partial charge >= 0.3 is 17.3 Å². The zero-order valence-electron chi connectivity index (χ0n) is 19.7. The highest BCUT2D eigenvalue weighted by atomic mass is 35.5. The molecule has 1 saturated carbocycles. The lowest BCUT2D eigenvalue weighted by Crippen LogP contribution is -2.58. The van der Waals surface area contributed by atoms with Crippen LogP contribution in [0.2, 0.25) is 5.02 Å². The Hall–Kier alpha value is -3.83. The summed E-state index contributed by atoms with van der Waals surface area (Å²) < 4.78 is 8.76. The summed E-state index contributed by atoms with van der Waals surface area (Å²) in [7, 11) is 0. The quantitative estimate of drug-likeness (QED) is 0.341. The van der Waals surface area contributed by atoms with Crippen LogP contribution in [0.4, 0.5) is 5.69 Å². The molecule has 0 spiro atoms. The van der Waals surface area contributed by atoms with Gasteiger partial charge in [-0.05, 0) is 61.2 Å². The molecule has 1 aliphatic rings. The van der Waals surface area contributed by atoms with Crippen LogP contribution in [0.3, 0.4) is 0 Å². The van der Waals surface area contributed by atoms with Gasteiger partial charge in [-0.3, -0.25) is 9.36 Å². The van der Waals surface area contributed by atoms with Crippen molar-refractivity contribution >= 4 is 23.3 Å². The molecule has 0 saturated heterocycles. The molecule has 0 radical (unpaired) electrons. The van der Waals surface area contributed by atoms with Crippen molar-refractivity contribution < 1.29 is 14.4 Å². The smallest absolute Gasteiger partial charge is 0.353 e. The van der Waals surface area contributed by atoms with Crippen LogP contribution in [0, 0.1) is 5.92 Å². The van der Waals surface area contributed by atoms with Crippen molar-refractivity contribution in [1.82, 2.24) is 13.8 Å². The maximum atomic E-state index is 13.5. The van der Waals surface area contributed by atoms with Crippen LogP contribution in [0.15, 0.2) is 63.1 Å². The SMILES string of the molecule is C[C@@H](Cn1c(=O)n(N)c(=Nc2ccc(OC3CCC3)cc2)n(Cc2ccc(Cl)cc2)c1=O)C(=O)ON. The van der Waals surface area contributed by atoms with Gasteiger partial charge in [0.1, 0.15) is 5.75 Å². The minimum atomic E-state index is -0.865. The van der Waals surface area contributed by atoms with Gasteiger partial charge in [0, 0.05) is 11.6 Å². The van der Waals surface area contributed by atoms with Crippen molar-refractivity contribution in [3.05, 3.63) is 85.7 Å². The first kappa shape index (κ1) is 25.3. The Morgan fingerprint density at radius 3 is 2.33 bits per heavy atom. The minimum Gasteiger partial charge on any atom is -0.490 e. The summed E-state index contributed by atoms with van der Waals surface area (Å²) in [6, 6.07) is 13.9. The third-order valence-corrected chi connectivity index (χ3v) is 6.26. The van der Waals surface area contributed by atoms with Crippen molar-refractivity contribution in [3.63, 3.8) is 0 Å². The number of rotatable bonds is 8. The van der Waals surface area contributed by atoms with Gasteiger partial charge in [-0.2, -0.15) is 10.6 Å². The number of halogens is 1. The first-order valence-electron chi connectivity index (χ1n) is 11.4. The highest BCUT2D eigenvalue weighted by Crippen LogP contribution is 2.26. The largest absolute Gasteiger partial charge is 0.490 e. The van der Waals surface area contributed by atoms with Gasteiger partial charge in [0.25, 0.3) is 0 Å². The number of ether oxygens (including phenoxy) is 1. The van der Waals surface area contributed by atoms with Crippen LogP contribution in [-0.4, -0.2) is 25.9 Å². The van der Waals surface area contributed by atoms with E-state index in [2.05, 4.69) is 9.83 Å². The highest BCUT2D eigenvalue weighted by molar-refractivity contribution is 6.30. The molecular weight excluding hydrogens is 488 g/mol. The number of nitrogens with zero attached hydrogens (tertiary/aromatic N) is 4. The van der Waals surface area contributed by atoms with Crippen LogP contribution in [-0.2, 0) is 22.7 Å². The van der Waals surface area contributed by atoms with Crippen molar-refractivity contribution in [1.29, 1.82) is 0 Å². The third-order valence-electron chi connectivity index (χ3n) is 6.01. The summed E-state index contributed by atoms with van der Waals surface area (Å²) in [6.45, 7) is 1.25. The number of carbonyl (C=O) groups excluding carboxylic acids is 1. The molecule has 1 aliphatic carbocycles. The van der Waals surface area contributed by atoms with Gasteiger partial charge in [0.05, 0.1) is 24.3 Å². The summed E-state index contributed by atoms with van der Waals surface area (Å²) in [4.78, 5) is 47.0. The van der Waals surface area contributed by atoms with Crippen molar-refractivity contribution in [2.45, 2.75) is 45.4 Å². The summed E-state index contributed by atoms with van der Waals surface area (Å²) in [6.07, 6.45) is 3.47. The fourth-order valence-electron chi connectivity index (χ4n) is 3.70. The number of hydrogen-bond acceptors (Lipinski definition) is 8. The van der Waals surface area contributed by atoms with E-state index in [0.29, 0.717) is 16.5 Å². The Balaban J connectivity index is 1.80. The van der Waals surface area contributed by atoms with Crippen molar-refractivity contribution in [3.8, 4) is 5.75 Å². The molecule has 1 heterocycles. The van der Waals surface area contributed by atoms with Crippen LogP contribution in [0.1, 0.15) is 31.7 Å². The molecule has 4 N–H and O–H groups in total. The zero-order valence-corrected chi connectivity index (χ0v) is 20.4. The molecule has 2 aromatic carbocycles. The number of benzene rings is 2. The number of carbonyl (C=O) groups is 1. The first-order chi connectivity index (χ1) is 17.3. The van der Waals surface area contributed by atoms with Crippen LogP contribution in [0.5, 0.6) is 5.75 Å². The third kappa shape index (κ3) is 5.52. The van der Waals surface area contributed by atoms with E-state index in [1.165, 1.54) is 11.5 Å². The second-order valence-corrected chi connectivity index (χ2v) is 9.11. The maximum absolute atomic E-state index is 13.5. The Labute approximate surface area is 211 Å². The molecule has 190 valence electrons. The fraction of sp³-hybridized carbons (Fsp3) is 0.333. The number of nitrogens with two attached hydrogens (primary N) is 2. The van der Waals surface area contributed by atoms with E-state index in [4.69, 9.17) is 28.1 Å². The molecule has 1 fully saturated rings. The van der Waals surface area contributed by atoms with Gasteiger partial charge in [-0.1, -0.05) is 30.7 Å². The average molecular weight is 515 g/mol. The lowest BCUT2D eigenvalue weighted by atomic mass is 9.96. The fourth-order valence-corrected chi connectivity index (χ4v) is 3.83. The number of nitrogen functional groups attached to an aromatic ring is 1. The molecule has 0 aliphatic heterocycles. The second-order valence-electron chi connectivity index (χ2n) is 8.67. The van der Waals surface area contributed by atoms with E-state index in [1.807, 2.05) is 0 Å².